The van der Waals surface area contributed by atoms with Gasteiger partial charge < -0.3 is 9.88 Å². The minimum absolute atomic E-state index is 0.000979. The van der Waals surface area contributed by atoms with E-state index < -0.39 is 10.0 Å². The lowest BCUT2D eigenvalue weighted by molar-refractivity contribution is -0.126. The number of carbonyl (C=O) groups excluding carboxylic acids is 1. The summed E-state index contributed by atoms with van der Waals surface area (Å²) in [5, 5.41) is 3.05. The van der Waals surface area contributed by atoms with Gasteiger partial charge in [-0.25, -0.2) is 17.7 Å². The van der Waals surface area contributed by atoms with Gasteiger partial charge in [-0.3, -0.25) is 4.79 Å². The average Bonchev–Trinajstić information content (AvgIpc) is 3.25. The standard InChI is InChI=1S/C25H30N4O3S/c1-19-7-3-4-9-23(19)18-33(31,32)28-14-11-21(12-15-28)25(30)27-17-22-8-5-6-10-24(22)29-16-13-26-20(29)2/h3-10,13,16,21H,11-12,14-15,17-18H2,1-2H3,(H,27,30). The second kappa shape index (κ2) is 9.89. The van der Waals surface area contributed by atoms with Crippen LogP contribution in [0.25, 0.3) is 5.69 Å². The van der Waals surface area contributed by atoms with E-state index in [1.165, 1.54) is 4.31 Å². The second-order valence-corrected chi connectivity index (χ2v) is 10.5. The second-order valence-electron chi connectivity index (χ2n) is 8.55. The van der Waals surface area contributed by atoms with Gasteiger partial charge in [0, 0.05) is 37.9 Å². The van der Waals surface area contributed by atoms with E-state index in [0.717, 1.165) is 28.2 Å². The van der Waals surface area contributed by atoms with Crippen molar-refractivity contribution in [2.75, 3.05) is 13.1 Å². The molecule has 7 nitrogen and oxygen atoms in total. The topological polar surface area (TPSA) is 84.3 Å². The predicted molar refractivity (Wildman–Crippen MR) is 128 cm³/mol. The molecule has 0 atom stereocenters. The zero-order chi connectivity index (χ0) is 23.4. The molecule has 1 N–H and O–H groups in total. The molecule has 1 saturated heterocycles. The van der Waals surface area contributed by atoms with E-state index >= 15 is 0 Å². The van der Waals surface area contributed by atoms with Crippen LogP contribution in [-0.2, 0) is 27.1 Å². The van der Waals surface area contributed by atoms with Gasteiger partial charge in [-0.05, 0) is 49.4 Å². The fourth-order valence-electron chi connectivity index (χ4n) is 4.31. The van der Waals surface area contributed by atoms with Gasteiger partial charge in [0.2, 0.25) is 15.9 Å². The van der Waals surface area contributed by atoms with Crippen molar-refractivity contribution in [3.63, 3.8) is 0 Å². The number of para-hydroxylation sites is 1. The zero-order valence-corrected chi connectivity index (χ0v) is 19.9. The van der Waals surface area contributed by atoms with Crippen molar-refractivity contribution in [1.82, 2.24) is 19.2 Å². The van der Waals surface area contributed by atoms with Crippen molar-refractivity contribution in [2.24, 2.45) is 5.92 Å². The van der Waals surface area contributed by atoms with Crippen LogP contribution in [0.5, 0.6) is 0 Å². The number of nitrogens with zero attached hydrogens (tertiary/aromatic N) is 3. The normalized spacial score (nSPS) is 15.5. The third-order valence-electron chi connectivity index (χ3n) is 6.35. The molecule has 2 heterocycles. The molecule has 0 bridgehead atoms. The Morgan fingerprint density at radius 3 is 2.36 bits per heavy atom. The van der Waals surface area contributed by atoms with Crippen LogP contribution >= 0.6 is 0 Å². The van der Waals surface area contributed by atoms with Crippen LogP contribution in [-0.4, -0.2) is 41.3 Å². The summed E-state index contributed by atoms with van der Waals surface area (Å²) in [7, 11) is -3.41. The highest BCUT2D eigenvalue weighted by atomic mass is 32.2. The van der Waals surface area contributed by atoms with Gasteiger partial charge in [-0.15, -0.1) is 0 Å². The first-order valence-electron chi connectivity index (χ1n) is 11.2. The van der Waals surface area contributed by atoms with E-state index in [2.05, 4.69) is 10.3 Å². The summed E-state index contributed by atoms with van der Waals surface area (Å²) in [5.74, 6) is 0.675. The van der Waals surface area contributed by atoms with E-state index in [-0.39, 0.29) is 17.6 Å². The molecule has 1 aliphatic heterocycles. The molecule has 1 fully saturated rings. The van der Waals surface area contributed by atoms with Crippen LogP contribution in [0.2, 0.25) is 0 Å². The van der Waals surface area contributed by atoms with Crippen molar-refractivity contribution in [3.8, 4) is 5.69 Å². The number of aryl methyl sites for hydroxylation is 2. The molecule has 0 radical (unpaired) electrons. The van der Waals surface area contributed by atoms with E-state index in [4.69, 9.17) is 0 Å². The molecule has 1 amide bonds. The fraction of sp³-hybridized carbons (Fsp3) is 0.360. The number of amides is 1. The molecule has 0 unspecified atom stereocenters. The lowest BCUT2D eigenvalue weighted by atomic mass is 9.97. The number of rotatable bonds is 7. The third kappa shape index (κ3) is 5.34. The summed E-state index contributed by atoms with van der Waals surface area (Å²) >= 11 is 0. The molecule has 0 spiro atoms. The highest BCUT2D eigenvalue weighted by Crippen LogP contribution is 2.23. The van der Waals surface area contributed by atoms with Crippen molar-refractivity contribution in [3.05, 3.63) is 83.4 Å². The Bertz CT molecular complexity index is 1230. The Morgan fingerprint density at radius 1 is 1.03 bits per heavy atom. The number of hydrogen-bond donors (Lipinski definition) is 1. The molecule has 33 heavy (non-hydrogen) atoms. The number of carbonyl (C=O) groups is 1. The van der Waals surface area contributed by atoms with E-state index in [9.17, 15) is 13.2 Å². The maximum atomic E-state index is 12.9. The van der Waals surface area contributed by atoms with Crippen LogP contribution in [0.3, 0.4) is 0 Å². The molecular weight excluding hydrogens is 436 g/mol. The zero-order valence-electron chi connectivity index (χ0n) is 19.1. The average molecular weight is 467 g/mol. The number of imidazole rings is 1. The molecule has 1 aliphatic rings. The number of piperidine rings is 1. The van der Waals surface area contributed by atoms with Crippen LogP contribution in [0.1, 0.15) is 35.4 Å². The summed E-state index contributed by atoms with van der Waals surface area (Å²) in [6, 6.07) is 15.5. The molecule has 174 valence electrons. The van der Waals surface area contributed by atoms with Gasteiger partial charge in [0.1, 0.15) is 5.82 Å². The maximum absolute atomic E-state index is 12.9. The molecule has 3 aromatic rings. The van der Waals surface area contributed by atoms with Crippen molar-refractivity contribution in [1.29, 1.82) is 0 Å². The Balaban J connectivity index is 1.33. The van der Waals surface area contributed by atoms with Gasteiger partial charge in [-0.1, -0.05) is 42.5 Å². The molecule has 2 aromatic carbocycles. The van der Waals surface area contributed by atoms with Crippen LogP contribution in [0.4, 0.5) is 0 Å². The lowest BCUT2D eigenvalue weighted by Crippen LogP contribution is -2.43. The van der Waals surface area contributed by atoms with E-state index in [0.29, 0.717) is 32.5 Å². The summed E-state index contributed by atoms with van der Waals surface area (Å²) in [6.45, 7) is 5.02. The summed E-state index contributed by atoms with van der Waals surface area (Å²) in [4.78, 5) is 17.1. The van der Waals surface area contributed by atoms with Crippen molar-refractivity contribution >= 4 is 15.9 Å². The largest absolute Gasteiger partial charge is 0.352 e. The molecule has 4 rings (SSSR count). The van der Waals surface area contributed by atoms with Crippen LogP contribution < -0.4 is 5.32 Å². The number of sulfonamides is 1. The van der Waals surface area contributed by atoms with Gasteiger partial charge in [0.05, 0.1) is 11.4 Å². The maximum Gasteiger partial charge on any atom is 0.223 e. The first-order valence-corrected chi connectivity index (χ1v) is 12.8. The summed E-state index contributed by atoms with van der Waals surface area (Å²) in [6.07, 6.45) is 4.72. The van der Waals surface area contributed by atoms with E-state index in [1.807, 2.05) is 73.1 Å². The number of hydrogen-bond acceptors (Lipinski definition) is 4. The number of nitrogens with one attached hydrogen (secondary N) is 1. The smallest absolute Gasteiger partial charge is 0.223 e. The highest BCUT2D eigenvalue weighted by Gasteiger charge is 2.31. The predicted octanol–water partition coefficient (Wildman–Crippen LogP) is 3.35. The Morgan fingerprint density at radius 2 is 1.70 bits per heavy atom. The molecule has 0 saturated carbocycles. The highest BCUT2D eigenvalue weighted by molar-refractivity contribution is 7.88. The first-order chi connectivity index (χ1) is 15.8. The van der Waals surface area contributed by atoms with Crippen molar-refractivity contribution in [2.45, 2.75) is 39.0 Å². The molecule has 8 heteroatoms. The Labute approximate surface area is 195 Å². The minimum atomic E-state index is -3.41. The van der Waals surface area contributed by atoms with Crippen LogP contribution in [0.15, 0.2) is 60.9 Å². The van der Waals surface area contributed by atoms with Gasteiger partial charge in [0.25, 0.3) is 0 Å². The SMILES string of the molecule is Cc1ccccc1CS(=O)(=O)N1CCC(C(=O)NCc2ccccc2-n2ccnc2C)CC1. The van der Waals surface area contributed by atoms with Crippen molar-refractivity contribution < 1.29 is 13.2 Å². The number of aromatic nitrogens is 2. The molecular formula is C25H30N4O3S. The Kier molecular flexibility index (Phi) is 6.95. The summed E-state index contributed by atoms with van der Waals surface area (Å²) in [5.41, 5.74) is 3.79. The quantitative estimate of drug-likeness (QED) is 0.579. The van der Waals surface area contributed by atoms with E-state index in [1.54, 1.807) is 6.20 Å². The lowest BCUT2D eigenvalue weighted by Gasteiger charge is -2.30. The van der Waals surface area contributed by atoms with Crippen LogP contribution in [0, 0.1) is 19.8 Å². The Hall–Kier alpha value is -2.97. The third-order valence-corrected chi connectivity index (χ3v) is 8.17. The van der Waals surface area contributed by atoms with Gasteiger partial charge in [0.15, 0.2) is 0 Å². The fourth-order valence-corrected chi connectivity index (χ4v) is 5.98. The minimum Gasteiger partial charge on any atom is -0.352 e. The number of benzene rings is 2. The molecule has 0 aliphatic carbocycles. The van der Waals surface area contributed by atoms with Gasteiger partial charge >= 0.3 is 0 Å². The monoisotopic (exact) mass is 466 g/mol. The molecule has 1 aromatic heterocycles. The summed E-state index contributed by atoms with van der Waals surface area (Å²) < 4.78 is 29.3. The van der Waals surface area contributed by atoms with Gasteiger partial charge in [-0.2, -0.15) is 0 Å². The first kappa shape index (κ1) is 23.2.